The van der Waals surface area contributed by atoms with E-state index < -0.39 is 17.6 Å². The van der Waals surface area contributed by atoms with Crippen molar-refractivity contribution in [3.8, 4) is 10.6 Å². The van der Waals surface area contributed by atoms with Gasteiger partial charge in [0.25, 0.3) is 5.91 Å². The Kier molecular flexibility index (Phi) is 4.97. The molecule has 0 bridgehead atoms. The van der Waals surface area contributed by atoms with E-state index in [1.165, 1.54) is 18.3 Å². The first-order chi connectivity index (χ1) is 12.2. The van der Waals surface area contributed by atoms with Gasteiger partial charge in [-0.2, -0.15) is 13.2 Å². The van der Waals surface area contributed by atoms with E-state index in [1.807, 2.05) is 0 Å². The molecule has 0 aliphatic heterocycles. The number of hydrogen-bond donors (Lipinski definition) is 1. The fourth-order valence-corrected chi connectivity index (χ4v) is 3.23. The first-order valence-electron chi connectivity index (χ1n) is 7.32. The molecule has 0 spiro atoms. The smallest absolute Gasteiger partial charge is 0.306 e. The number of alkyl halides is 3. The number of aryl methyl sites for hydroxylation is 1. The zero-order valence-corrected chi connectivity index (χ0v) is 14.8. The van der Waals surface area contributed by atoms with Crippen molar-refractivity contribution in [2.75, 3.05) is 5.32 Å². The zero-order valence-electron chi connectivity index (χ0n) is 13.3. The highest BCUT2D eigenvalue weighted by Gasteiger charge is 2.30. The minimum absolute atomic E-state index is 0.336. The van der Waals surface area contributed by atoms with Gasteiger partial charge in [-0.3, -0.25) is 4.79 Å². The van der Waals surface area contributed by atoms with Crippen LogP contribution in [0.3, 0.4) is 0 Å². The van der Waals surface area contributed by atoms with E-state index in [1.54, 1.807) is 19.1 Å². The van der Waals surface area contributed by atoms with E-state index in [0.29, 0.717) is 32.0 Å². The molecule has 2 heterocycles. The van der Waals surface area contributed by atoms with Crippen LogP contribution >= 0.6 is 22.9 Å². The first-order valence-corrected chi connectivity index (χ1v) is 8.51. The molecule has 0 radical (unpaired) electrons. The lowest BCUT2D eigenvalue weighted by atomic mass is 10.1. The number of anilines is 1. The van der Waals surface area contributed by atoms with Crippen LogP contribution in [0.5, 0.6) is 0 Å². The molecule has 0 saturated heterocycles. The van der Waals surface area contributed by atoms with Gasteiger partial charge in [-0.1, -0.05) is 23.7 Å². The highest BCUT2D eigenvalue weighted by molar-refractivity contribution is 7.17. The number of hydrogen-bond acceptors (Lipinski definition) is 4. The lowest BCUT2D eigenvalue weighted by Crippen LogP contribution is -2.12. The summed E-state index contributed by atoms with van der Waals surface area (Å²) in [5.41, 5.74) is 0.257. The molecular formula is C17H11ClF3N3OS. The number of pyridine rings is 1. The van der Waals surface area contributed by atoms with Crippen LogP contribution in [0, 0.1) is 6.92 Å². The largest absolute Gasteiger partial charge is 0.416 e. The average molecular weight is 398 g/mol. The number of amides is 1. The molecule has 0 saturated carbocycles. The first kappa shape index (κ1) is 18.3. The number of benzene rings is 1. The minimum Gasteiger partial charge on any atom is -0.306 e. The van der Waals surface area contributed by atoms with Crippen molar-refractivity contribution >= 4 is 34.7 Å². The van der Waals surface area contributed by atoms with Crippen molar-refractivity contribution in [3.63, 3.8) is 0 Å². The summed E-state index contributed by atoms with van der Waals surface area (Å²) in [6.45, 7) is 1.66. The maximum Gasteiger partial charge on any atom is 0.416 e. The fourth-order valence-electron chi connectivity index (χ4n) is 2.16. The van der Waals surface area contributed by atoms with Gasteiger partial charge in [0.1, 0.15) is 15.7 Å². The molecule has 134 valence electrons. The van der Waals surface area contributed by atoms with Crippen molar-refractivity contribution in [3.05, 3.63) is 63.8 Å². The van der Waals surface area contributed by atoms with Crippen LogP contribution in [0.2, 0.25) is 5.02 Å². The number of halogens is 4. The molecular weight excluding hydrogens is 387 g/mol. The molecule has 0 unspecified atom stereocenters. The Morgan fingerprint density at radius 3 is 2.42 bits per heavy atom. The average Bonchev–Trinajstić information content (AvgIpc) is 2.98. The number of rotatable bonds is 3. The molecule has 0 fully saturated rings. The van der Waals surface area contributed by atoms with Crippen LogP contribution in [-0.4, -0.2) is 15.9 Å². The van der Waals surface area contributed by atoms with E-state index >= 15 is 0 Å². The van der Waals surface area contributed by atoms with E-state index in [9.17, 15) is 18.0 Å². The fraction of sp³-hybridized carbons (Fsp3) is 0.118. The molecule has 9 heteroatoms. The van der Waals surface area contributed by atoms with Gasteiger partial charge in [0.05, 0.1) is 16.3 Å². The Hall–Kier alpha value is -2.45. The second-order valence-electron chi connectivity index (χ2n) is 5.32. The Morgan fingerprint density at radius 1 is 1.15 bits per heavy atom. The van der Waals surface area contributed by atoms with Crippen LogP contribution in [0.25, 0.3) is 10.6 Å². The normalized spacial score (nSPS) is 11.4. The minimum atomic E-state index is -4.39. The Balaban J connectivity index is 1.82. The maximum absolute atomic E-state index is 12.6. The predicted molar refractivity (Wildman–Crippen MR) is 94.5 cm³/mol. The summed E-state index contributed by atoms with van der Waals surface area (Å²) in [4.78, 5) is 21.0. The predicted octanol–water partition coefficient (Wildman–Crippen LogP) is 5.44. The van der Waals surface area contributed by atoms with E-state index in [0.717, 1.165) is 23.5 Å². The standard InChI is InChI=1S/C17H11ClF3N3OS/c1-9-14(15(25)24-13-7-6-12(18)8-22-13)26-16(23-9)10-2-4-11(5-3-10)17(19,20)21/h2-8H,1H3,(H,22,24,25). The van der Waals surface area contributed by atoms with Crippen LogP contribution in [0.15, 0.2) is 42.6 Å². The van der Waals surface area contributed by atoms with Crippen molar-refractivity contribution in [2.45, 2.75) is 13.1 Å². The maximum atomic E-state index is 12.6. The van der Waals surface area contributed by atoms with Crippen molar-refractivity contribution in [2.24, 2.45) is 0 Å². The van der Waals surface area contributed by atoms with E-state index in [-0.39, 0.29) is 0 Å². The molecule has 26 heavy (non-hydrogen) atoms. The summed E-state index contributed by atoms with van der Waals surface area (Å²) in [6.07, 6.45) is -2.99. The summed E-state index contributed by atoms with van der Waals surface area (Å²) in [6, 6.07) is 7.81. The summed E-state index contributed by atoms with van der Waals surface area (Å²) in [7, 11) is 0. The summed E-state index contributed by atoms with van der Waals surface area (Å²) < 4.78 is 37.9. The van der Waals surface area contributed by atoms with Gasteiger partial charge in [-0.05, 0) is 31.2 Å². The number of carbonyl (C=O) groups excluding carboxylic acids is 1. The van der Waals surface area contributed by atoms with Crippen LogP contribution < -0.4 is 5.32 Å². The second kappa shape index (κ2) is 7.05. The van der Waals surface area contributed by atoms with Crippen molar-refractivity contribution in [1.29, 1.82) is 0 Å². The quantitative estimate of drug-likeness (QED) is 0.640. The van der Waals surface area contributed by atoms with Gasteiger partial charge < -0.3 is 5.32 Å². The molecule has 3 rings (SSSR count). The molecule has 1 aromatic carbocycles. The van der Waals surface area contributed by atoms with Crippen LogP contribution in [0.4, 0.5) is 19.0 Å². The SMILES string of the molecule is Cc1nc(-c2ccc(C(F)(F)F)cc2)sc1C(=O)Nc1ccc(Cl)cn1. The Labute approximate surface area is 155 Å². The number of aromatic nitrogens is 2. The third-order valence-corrected chi connectivity index (χ3v) is 4.86. The lowest BCUT2D eigenvalue weighted by molar-refractivity contribution is -0.137. The molecule has 1 N–H and O–H groups in total. The summed E-state index contributed by atoms with van der Waals surface area (Å²) in [5, 5.41) is 3.54. The molecule has 0 aliphatic rings. The van der Waals surface area contributed by atoms with Gasteiger partial charge >= 0.3 is 6.18 Å². The Bertz CT molecular complexity index is 937. The molecule has 0 atom stereocenters. The van der Waals surface area contributed by atoms with Gasteiger partial charge in [-0.15, -0.1) is 11.3 Å². The second-order valence-corrected chi connectivity index (χ2v) is 6.76. The third-order valence-electron chi connectivity index (χ3n) is 3.43. The molecule has 3 aromatic rings. The van der Waals surface area contributed by atoms with E-state index in [4.69, 9.17) is 11.6 Å². The van der Waals surface area contributed by atoms with Gasteiger partial charge in [-0.25, -0.2) is 9.97 Å². The van der Waals surface area contributed by atoms with Crippen molar-refractivity contribution < 1.29 is 18.0 Å². The number of nitrogens with one attached hydrogen (secondary N) is 1. The summed E-state index contributed by atoms with van der Waals surface area (Å²) in [5.74, 6) is -0.0590. The summed E-state index contributed by atoms with van der Waals surface area (Å²) >= 11 is 6.85. The van der Waals surface area contributed by atoms with Gasteiger partial charge in [0.15, 0.2) is 0 Å². The number of carbonyl (C=O) groups is 1. The van der Waals surface area contributed by atoms with Crippen molar-refractivity contribution in [1.82, 2.24) is 9.97 Å². The molecule has 2 aromatic heterocycles. The van der Waals surface area contributed by atoms with Crippen LogP contribution in [-0.2, 0) is 6.18 Å². The van der Waals surface area contributed by atoms with E-state index in [2.05, 4.69) is 15.3 Å². The molecule has 1 amide bonds. The highest BCUT2D eigenvalue weighted by atomic mass is 35.5. The Morgan fingerprint density at radius 2 is 1.85 bits per heavy atom. The number of nitrogens with zero attached hydrogens (tertiary/aromatic N) is 2. The van der Waals surface area contributed by atoms with Crippen LogP contribution in [0.1, 0.15) is 20.9 Å². The lowest BCUT2D eigenvalue weighted by Gasteiger charge is -2.06. The zero-order chi connectivity index (χ0) is 18.9. The monoisotopic (exact) mass is 397 g/mol. The third kappa shape index (κ3) is 4.03. The molecule has 0 aliphatic carbocycles. The molecule has 4 nitrogen and oxygen atoms in total. The topological polar surface area (TPSA) is 54.9 Å². The highest BCUT2D eigenvalue weighted by Crippen LogP contribution is 2.33. The number of thiazole rings is 1. The van der Waals surface area contributed by atoms with Gasteiger partial charge in [0, 0.05) is 11.8 Å². The van der Waals surface area contributed by atoms with Gasteiger partial charge in [0.2, 0.25) is 0 Å².